The standard InChI is InChI=1S/C75H50/c1-7-27-51(28-8-1)73(52-29-9-2-10-30-52)66-46-22-19-39-57(66)61-42-25-44-63(70(61)73)60-49-50-64-59-41-21-24-48-68(59)75(55-35-15-5-16-36-55,56-37-17-6-18-38-56)72(64)69(60)65-45-26-43-62-58-40-20-23-47-67(58)74(71(62)65,53-31-11-3-12-32-53)54-33-13-4-14-34-54/h1-50H. The summed E-state index contributed by atoms with van der Waals surface area (Å²) in [5, 5.41) is 0. The third-order valence-electron chi connectivity index (χ3n) is 17.1. The third-order valence-corrected chi connectivity index (χ3v) is 17.1. The van der Waals surface area contributed by atoms with Gasteiger partial charge in [0.25, 0.3) is 0 Å². The van der Waals surface area contributed by atoms with E-state index in [0.29, 0.717) is 0 Å². The summed E-state index contributed by atoms with van der Waals surface area (Å²) >= 11 is 0. The van der Waals surface area contributed by atoms with Gasteiger partial charge in [-0.15, -0.1) is 0 Å². The van der Waals surface area contributed by atoms with Gasteiger partial charge in [-0.1, -0.05) is 303 Å². The highest BCUT2D eigenvalue weighted by Crippen LogP contribution is 2.66. The minimum absolute atomic E-state index is 0.646. The summed E-state index contributed by atoms with van der Waals surface area (Å²) in [5.41, 5.74) is 25.7. The zero-order valence-corrected chi connectivity index (χ0v) is 41.4. The SMILES string of the molecule is c1ccc(C2(c3ccccc3)c3ccccc3-c3cccc(-c4ccc5c(c4-c4cccc6c4C(c4ccccc4)(c4ccccc4)c4ccccc4-6)C(c4ccccc4)(c4ccccc4)c4ccccc4-5)c32)cc1. The maximum atomic E-state index is 2.49. The van der Waals surface area contributed by atoms with E-state index in [1.54, 1.807) is 0 Å². The first-order chi connectivity index (χ1) is 37.3. The van der Waals surface area contributed by atoms with E-state index in [1.165, 1.54) is 122 Å². The first kappa shape index (κ1) is 43.2. The molecule has 0 atom stereocenters. The second kappa shape index (κ2) is 16.9. The molecular weight excluding hydrogens is 901 g/mol. The van der Waals surface area contributed by atoms with Crippen LogP contribution in [0.4, 0.5) is 0 Å². The highest BCUT2D eigenvalue weighted by Gasteiger charge is 2.53. The molecule has 12 aromatic rings. The van der Waals surface area contributed by atoms with Crippen molar-refractivity contribution in [3.05, 3.63) is 370 Å². The molecule has 0 saturated heterocycles. The van der Waals surface area contributed by atoms with Crippen LogP contribution in [0.25, 0.3) is 55.6 Å². The van der Waals surface area contributed by atoms with Crippen LogP contribution in [0, 0.1) is 0 Å². The molecule has 0 amide bonds. The molecule has 350 valence electrons. The molecule has 3 aliphatic rings. The minimum atomic E-state index is -0.715. The number of hydrogen-bond acceptors (Lipinski definition) is 0. The molecule has 0 bridgehead atoms. The van der Waals surface area contributed by atoms with E-state index in [9.17, 15) is 0 Å². The molecule has 0 unspecified atom stereocenters. The summed E-state index contributed by atoms with van der Waals surface area (Å²) in [6, 6.07) is 115. The van der Waals surface area contributed by atoms with Gasteiger partial charge in [-0.2, -0.15) is 0 Å². The van der Waals surface area contributed by atoms with E-state index in [-0.39, 0.29) is 0 Å². The highest BCUT2D eigenvalue weighted by molar-refractivity contribution is 6.05. The van der Waals surface area contributed by atoms with Gasteiger partial charge in [0.2, 0.25) is 0 Å². The molecule has 0 spiro atoms. The van der Waals surface area contributed by atoms with Crippen molar-refractivity contribution in [1.82, 2.24) is 0 Å². The van der Waals surface area contributed by atoms with Gasteiger partial charge in [0.1, 0.15) is 0 Å². The van der Waals surface area contributed by atoms with Gasteiger partial charge in [-0.3, -0.25) is 0 Å². The Morgan fingerprint density at radius 2 is 0.373 bits per heavy atom. The Balaban J connectivity index is 1.18. The van der Waals surface area contributed by atoms with Crippen molar-refractivity contribution in [2.24, 2.45) is 0 Å². The zero-order chi connectivity index (χ0) is 49.6. The number of benzene rings is 12. The number of hydrogen-bond donors (Lipinski definition) is 0. The summed E-state index contributed by atoms with van der Waals surface area (Å²) in [4.78, 5) is 0. The number of fused-ring (bicyclic) bond motifs is 9. The molecule has 0 saturated carbocycles. The van der Waals surface area contributed by atoms with Gasteiger partial charge in [0.05, 0.1) is 16.2 Å². The molecule has 0 radical (unpaired) electrons. The molecule has 15 rings (SSSR count). The van der Waals surface area contributed by atoms with Crippen LogP contribution >= 0.6 is 0 Å². The maximum absolute atomic E-state index is 2.49. The van der Waals surface area contributed by atoms with Crippen LogP contribution in [0.2, 0.25) is 0 Å². The Labute approximate surface area is 439 Å². The van der Waals surface area contributed by atoms with Crippen LogP contribution in [-0.2, 0) is 16.2 Å². The molecule has 12 aromatic carbocycles. The smallest absolute Gasteiger partial charge is 0.0622 e. The fourth-order valence-electron chi connectivity index (χ4n) is 14.5. The quantitative estimate of drug-likeness (QED) is 0.142. The molecule has 0 heteroatoms. The fraction of sp³-hybridized carbons (Fsp3) is 0.0400. The molecule has 0 fully saturated rings. The number of rotatable bonds is 8. The minimum Gasteiger partial charge on any atom is -0.0622 e. The van der Waals surface area contributed by atoms with E-state index in [2.05, 4.69) is 303 Å². The van der Waals surface area contributed by atoms with Crippen LogP contribution in [0.1, 0.15) is 66.8 Å². The predicted octanol–water partition coefficient (Wildman–Crippen LogP) is 18.1. The van der Waals surface area contributed by atoms with Crippen molar-refractivity contribution in [3.8, 4) is 55.6 Å². The van der Waals surface area contributed by atoms with E-state index >= 15 is 0 Å². The van der Waals surface area contributed by atoms with Crippen LogP contribution in [0.15, 0.2) is 303 Å². The molecular formula is C75H50. The lowest BCUT2D eigenvalue weighted by Crippen LogP contribution is -2.31. The normalized spacial score (nSPS) is 14.5. The van der Waals surface area contributed by atoms with Crippen molar-refractivity contribution in [1.29, 1.82) is 0 Å². The summed E-state index contributed by atoms with van der Waals surface area (Å²) in [6.45, 7) is 0. The molecule has 75 heavy (non-hydrogen) atoms. The van der Waals surface area contributed by atoms with Crippen molar-refractivity contribution >= 4 is 0 Å². The zero-order valence-electron chi connectivity index (χ0n) is 41.4. The van der Waals surface area contributed by atoms with Crippen molar-refractivity contribution < 1.29 is 0 Å². The summed E-state index contributed by atoms with van der Waals surface area (Å²) in [7, 11) is 0. The highest BCUT2D eigenvalue weighted by atomic mass is 14.5. The van der Waals surface area contributed by atoms with Crippen molar-refractivity contribution in [3.63, 3.8) is 0 Å². The van der Waals surface area contributed by atoms with E-state index in [4.69, 9.17) is 0 Å². The van der Waals surface area contributed by atoms with Gasteiger partial charge >= 0.3 is 0 Å². The lowest BCUT2D eigenvalue weighted by molar-refractivity contribution is 0.761. The van der Waals surface area contributed by atoms with Gasteiger partial charge < -0.3 is 0 Å². The Kier molecular flexibility index (Phi) is 9.72. The average molecular weight is 951 g/mol. The fourth-order valence-corrected chi connectivity index (χ4v) is 14.5. The largest absolute Gasteiger partial charge is 0.0719 e. The van der Waals surface area contributed by atoms with E-state index < -0.39 is 16.2 Å². The van der Waals surface area contributed by atoms with Gasteiger partial charge in [-0.05, 0) is 122 Å². The van der Waals surface area contributed by atoms with Gasteiger partial charge in [-0.25, -0.2) is 0 Å². The molecule has 0 N–H and O–H groups in total. The van der Waals surface area contributed by atoms with Crippen molar-refractivity contribution in [2.75, 3.05) is 0 Å². The van der Waals surface area contributed by atoms with Crippen LogP contribution in [0.3, 0.4) is 0 Å². The summed E-state index contributed by atoms with van der Waals surface area (Å²) in [5.74, 6) is 0. The molecule has 0 aromatic heterocycles. The molecule has 0 heterocycles. The molecule has 3 aliphatic carbocycles. The second-order valence-electron chi connectivity index (χ2n) is 20.4. The third kappa shape index (κ3) is 5.83. The van der Waals surface area contributed by atoms with Crippen LogP contribution in [0.5, 0.6) is 0 Å². The summed E-state index contributed by atoms with van der Waals surface area (Å²) < 4.78 is 0. The topological polar surface area (TPSA) is 0 Å². The Hall–Kier alpha value is -9.36. The van der Waals surface area contributed by atoms with E-state index in [1.807, 2.05) is 0 Å². The van der Waals surface area contributed by atoms with Crippen molar-refractivity contribution in [2.45, 2.75) is 16.2 Å². The van der Waals surface area contributed by atoms with E-state index in [0.717, 1.165) is 0 Å². The van der Waals surface area contributed by atoms with Gasteiger partial charge in [0, 0.05) is 0 Å². The first-order valence-electron chi connectivity index (χ1n) is 26.3. The Morgan fingerprint density at radius 1 is 0.147 bits per heavy atom. The molecule has 0 nitrogen and oxygen atoms in total. The van der Waals surface area contributed by atoms with Crippen LogP contribution < -0.4 is 0 Å². The monoisotopic (exact) mass is 950 g/mol. The summed E-state index contributed by atoms with van der Waals surface area (Å²) in [6.07, 6.45) is 0. The van der Waals surface area contributed by atoms with Crippen LogP contribution in [-0.4, -0.2) is 0 Å². The first-order valence-corrected chi connectivity index (χ1v) is 26.3. The average Bonchev–Trinajstić information content (AvgIpc) is 4.11. The maximum Gasteiger partial charge on any atom is 0.0719 e. The van der Waals surface area contributed by atoms with Gasteiger partial charge in [0.15, 0.2) is 0 Å². The Bertz CT molecular complexity index is 4020. The lowest BCUT2D eigenvalue weighted by atomic mass is 9.62. The Morgan fingerprint density at radius 3 is 0.720 bits per heavy atom. The predicted molar refractivity (Wildman–Crippen MR) is 309 cm³/mol. The second-order valence-corrected chi connectivity index (χ2v) is 20.4. The lowest BCUT2D eigenvalue weighted by Gasteiger charge is -2.39. The molecule has 0 aliphatic heterocycles.